The third-order valence-corrected chi connectivity index (χ3v) is 1.14. The molecule has 0 radical (unpaired) electrons. The zero-order valence-corrected chi connectivity index (χ0v) is 7.62. The molecule has 1 fully saturated rings. The molecule has 0 bridgehead atoms. The van der Waals surface area contributed by atoms with Gasteiger partial charge >= 0.3 is 29.6 Å². The van der Waals surface area contributed by atoms with Crippen LogP contribution in [0.1, 0.15) is 6.42 Å². The Labute approximate surface area is 79.8 Å². The Balaban J connectivity index is 0.000000810. The van der Waals surface area contributed by atoms with Gasteiger partial charge in [0.15, 0.2) is 11.9 Å². The molecule has 1 heterocycles. The predicted octanol–water partition coefficient (Wildman–Crippen LogP) is -4.90. The molecular formula is C5H5NaO4. The maximum Gasteiger partial charge on any atom is 1.00 e. The monoisotopic (exact) mass is 152 g/mol. The number of ether oxygens (including phenoxy) is 1. The van der Waals surface area contributed by atoms with E-state index in [0.29, 0.717) is 0 Å². The van der Waals surface area contributed by atoms with E-state index >= 15 is 0 Å². The summed E-state index contributed by atoms with van der Waals surface area (Å²) in [4.78, 5) is 20.4. The van der Waals surface area contributed by atoms with Crippen LogP contribution in [-0.4, -0.2) is 24.5 Å². The van der Waals surface area contributed by atoms with Crippen molar-refractivity contribution in [1.29, 1.82) is 0 Å². The number of carboxylic acids is 1. The Hall–Kier alpha value is 0.1000. The van der Waals surface area contributed by atoms with Gasteiger partial charge < -0.3 is 14.6 Å². The number of aliphatic carboxylic acids is 1. The van der Waals surface area contributed by atoms with Gasteiger partial charge in [0.05, 0.1) is 12.6 Å². The number of hydrogen-bond donors (Lipinski definition) is 0. The van der Waals surface area contributed by atoms with E-state index in [1.165, 1.54) is 0 Å². The minimum absolute atomic E-state index is 0. The fourth-order valence-electron chi connectivity index (χ4n) is 0.701. The van der Waals surface area contributed by atoms with Crippen LogP contribution < -0.4 is 34.7 Å². The Kier molecular flexibility index (Phi) is 4.12. The van der Waals surface area contributed by atoms with Crippen molar-refractivity contribution in [2.24, 2.45) is 0 Å². The van der Waals surface area contributed by atoms with Crippen LogP contribution in [0, 0.1) is 0 Å². The summed E-state index contributed by atoms with van der Waals surface area (Å²) in [6.07, 6.45) is -1.11. The molecule has 0 saturated carbocycles. The molecular weight excluding hydrogens is 147 g/mol. The van der Waals surface area contributed by atoms with Crippen LogP contribution in [-0.2, 0) is 14.3 Å². The first kappa shape index (κ1) is 10.1. The first-order valence-corrected chi connectivity index (χ1v) is 2.57. The summed E-state index contributed by atoms with van der Waals surface area (Å²) >= 11 is 0. The van der Waals surface area contributed by atoms with Crippen molar-refractivity contribution in [2.75, 3.05) is 6.61 Å². The smallest absolute Gasteiger partial charge is 0.547 e. The third kappa shape index (κ3) is 2.05. The topological polar surface area (TPSA) is 66.4 Å². The molecule has 50 valence electrons. The normalized spacial score (nSPS) is 24.0. The average Bonchev–Trinajstić information content (AvgIpc) is 2.13. The second kappa shape index (κ2) is 4.08. The number of rotatable bonds is 1. The van der Waals surface area contributed by atoms with Crippen molar-refractivity contribution in [3.05, 3.63) is 0 Å². The van der Waals surface area contributed by atoms with E-state index in [-0.39, 0.29) is 42.6 Å². The summed E-state index contributed by atoms with van der Waals surface area (Å²) in [5, 5.41) is 9.96. The maximum atomic E-state index is 10.5. The second-order valence-electron chi connectivity index (χ2n) is 1.79. The van der Waals surface area contributed by atoms with Crippen molar-refractivity contribution in [3.63, 3.8) is 0 Å². The predicted molar refractivity (Wildman–Crippen MR) is 24.4 cm³/mol. The molecule has 1 rings (SSSR count). The number of ketones is 1. The summed E-state index contributed by atoms with van der Waals surface area (Å²) in [6, 6.07) is 0. The maximum absolute atomic E-state index is 10.5. The molecule has 0 N–H and O–H groups in total. The van der Waals surface area contributed by atoms with E-state index in [9.17, 15) is 14.7 Å². The van der Waals surface area contributed by atoms with Gasteiger partial charge in [-0.2, -0.15) is 0 Å². The van der Waals surface area contributed by atoms with E-state index in [1.807, 2.05) is 0 Å². The molecule has 4 nitrogen and oxygen atoms in total. The van der Waals surface area contributed by atoms with Crippen LogP contribution in [0.4, 0.5) is 0 Å². The van der Waals surface area contributed by atoms with Crippen LogP contribution in [0.2, 0.25) is 0 Å². The average molecular weight is 152 g/mol. The quantitative estimate of drug-likeness (QED) is 0.279. The number of carbonyl (C=O) groups excluding carboxylic acids is 2. The van der Waals surface area contributed by atoms with Gasteiger partial charge in [0, 0.05) is 6.42 Å². The molecule has 1 saturated heterocycles. The SMILES string of the molecule is O=C([O-])C1OCCC1=O.[Na+]. The Morgan fingerprint density at radius 1 is 1.70 bits per heavy atom. The fraction of sp³-hybridized carbons (Fsp3) is 0.600. The van der Waals surface area contributed by atoms with Gasteiger partial charge in [0.1, 0.15) is 0 Å². The molecule has 10 heavy (non-hydrogen) atoms. The zero-order valence-electron chi connectivity index (χ0n) is 5.62. The van der Waals surface area contributed by atoms with Gasteiger partial charge in [0.2, 0.25) is 0 Å². The summed E-state index contributed by atoms with van der Waals surface area (Å²) in [7, 11) is 0. The van der Waals surface area contributed by atoms with Crippen LogP contribution in [0.5, 0.6) is 0 Å². The molecule has 5 heteroatoms. The van der Waals surface area contributed by atoms with Crippen LogP contribution in [0.15, 0.2) is 0 Å². The molecule has 1 unspecified atom stereocenters. The molecule has 0 aromatic heterocycles. The van der Waals surface area contributed by atoms with Crippen LogP contribution in [0.3, 0.4) is 0 Å². The number of hydrogen-bond acceptors (Lipinski definition) is 4. The third-order valence-electron chi connectivity index (χ3n) is 1.14. The van der Waals surface area contributed by atoms with E-state index in [2.05, 4.69) is 4.74 Å². The van der Waals surface area contributed by atoms with Gasteiger partial charge in [0.25, 0.3) is 0 Å². The van der Waals surface area contributed by atoms with E-state index in [0.717, 1.165) is 0 Å². The Morgan fingerprint density at radius 2 is 2.30 bits per heavy atom. The van der Waals surface area contributed by atoms with Crippen molar-refractivity contribution in [1.82, 2.24) is 0 Å². The Morgan fingerprint density at radius 3 is 2.50 bits per heavy atom. The summed E-state index contributed by atoms with van der Waals surface area (Å²) in [6.45, 7) is 0.206. The second-order valence-corrected chi connectivity index (χ2v) is 1.79. The van der Waals surface area contributed by atoms with E-state index < -0.39 is 17.9 Å². The first-order valence-electron chi connectivity index (χ1n) is 2.57. The van der Waals surface area contributed by atoms with Gasteiger partial charge in [-0.15, -0.1) is 0 Å². The van der Waals surface area contributed by atoms with E-state index in [4.69, 9.17) is 0 Å². The number of Topliss-reactive ketones (excluding diaryl/α,β-unsaturated/α-hetero) is 1. The Bertz CT molecular complexity index is 156. The molecule has 1 atom stereocenters. The van der Waals surface area contributed by atoms with Crippen LogP contribution in [0.25, 0.3) is 0 Å². The summed E-state index contributed by atoms with van der Waals surface area (Å²) in [5.74, 6) is -1.83. The molecule has 1 aliphatic rings. The van der Waals surface area contributed by atoms with E-state index in [1.54, 1.807) is 0 Å². The van der Waals surface area contributed by atoms with Crippen LogP contribution >= 0.6 is 0 Å². The van der Waals surface area contributed by atoms with Crippen molar-refractivity contribution in [3.8, 4) is 0 Å². The van der Waals surface area contributed by atoms with Gasteiger partial charge in [-0.05, 0) is 0 Å². The first-order chi connectivity index (χ1) is 4.22. The van der Waals surface area contributed by atoms with Crippen molar-refractivity contribution in [2.45, 2.75) is 12.5 Å². The number of carboxylic acid groups (broad SMARTS) is 1. The van der Waals surface area contributed by atoms with Gasteiger partial charge in [-0.3, -0.25) is 4.79 Å². The standard InChI is InChI=1S/C5H6O4.Na/c6-3-1-2-9-4(3)5(7)8;/h4H,1-2H2,(H,7,8);/q;+1/p-1. The molecule has 0 aromatic rings. The molecule has 1 aliphatic heterocycles. The minimum atomic E-state index is -1.43. The minimum Gasteiger partial charge on any atom is -0.547 e. The largest absolute Gasteiger partial charge is 1.00 e. The van der Waals surface area contributed by atoms with Gasteiger partial charge in [-0.25, -0.2) is 0 Å². The molecule has 0 aromatic carbocycles. The summed E-state index contributed by atoms with van der Waals surface area (Å²) < 4.78 is 4.52. The molecule has 0 spiro atoms. The van der Waals surface area contributed by atoms with Gasteiger partial charge in [-0.1, -0.05) is 0 Å². The summed E-state index contributed by atoms with van der Waals surface area (Å²) in [5.41, 5.74) is 0. The number of carbonyl (C=O) groups is 2. The molecule has 0 amide bonds. The fourth-order valence-corrected chi connectivity index (χ4v) is 0.701. The van der Waals surface area contributed by atoms with Crippen molar-refractivity contribution < 1.29 is 49.0 Å². The molecule has 0 aliphatic carbocycles. The van der Waals surface area contributed by atoms with Crippen molar-refractivity contribution >= 4 is 11.8 Å². The zero-order chi connectivity index (χ0) is 6.85.